The number of rotatable bonds is 2. The normalized spacial score (nSPS) is 12.0. The average Bonchev–Trinajstić information content (AvgIpc) is 3.18. The number of aromatic amines is 1. The van der Waals surface area contributed by atoms with Crippen LogP contribution in [0.2, 0.25) is 0 Å². The molecule has 0 aliphatic rings. The fraction of sp³-hybridized carbons (Fsp3) is 0.238. The lowest BCUT2D eigenvalue weighted by Crippen LogP contribution is -2.26. The van der Waals surface area contributed by atoms with Gasteiger partial charge >= 0.3 is 0 Å². The van der Waals surface area contributed by atoms with Crippen LogP contribution in [-0.2, 0) is 5.54 Å². The molecule has 4 aromatic rings. The van der Waals surface area contributed by atoms with Gasteiger partial charge in [0, 0.05) is 17.0 Å². The highest BCUT2D eigenvalue weighted by atomic mass is 16.2. The van der Waals surface area contributed by atoms with Gasteiger partial charge in [0.15, 0.2) is 0 Å². The molecule has 2 aromatic heterocycles. The van der Waals surface area contributed by atoms with Crippen LogP contribution in [0.4, 0.5) is 5.82 Å². The van der Waals surface area contributed by atoms with Gasteiger partial charge in [0.05, 0.1) is 11.2 Å². The first-order valence-electron chi connectivity index (χ1n) is 8.72. The van der Waals surface area contributed by atoms with E-state index in [-0.39, 0.29) is 11.4 Å². The molecule has 1 amide bonds. The van der Waals surface area contributed by atoms with E-state index in [2.05, 4.69) is 54.4 Å². The summed E-state index contributed by atoms with van der Waals surface area (Å²) in [6.45, 7) is 8.10. The maximum absolute atomic E-state index is 12.8. The Bertz CT molecular complexity index is 1130. The summed E-state index contributed by atoms with van der Waals surface area (Å²) in [5, 5.41) is 10.8. The SMILES string of the molecule is Cc1cc(NC(=O)c2cc3c(ccc4ccccc43)[nH]2)n(C(C)(C)C)n1. The third-order valence-electron chi connectivity index (χ3n) is 4.48. The second kappa shape index (κ2) is 5.73. The quantitative estimate of drug-likeness (QED) is 0.546. The van der Waals surface area contributed by atoms with E-state index >= 15 is 0 Å². The van der Waals surface area contributed by atoms with Crippen molar-refractivity contribution in [1.29, 1.82) is 0 Å². The zero-order chi connectivity index (χ0) is 18.5. The summed E-state index contributed by atoms with van der Waals surface area (Å²) in [6, 6.07) is 16.1. The number of hydrogen-bond acceptors (Lipinski definition) is 2. The van der Waals surface area contributed by atoms with Gasteiger partial charge < -0.3 is 10.3 Å². The van der Waals surface area contributed by atoms with Crippen molar-refractivity contribution in [2.75, 3.05) is 5.32 Å². The number of H-pyrrole nitrogens is 1. The monoisotopic (exact) mass is 346 g/mol. The Hall–Kier alpha value is -3.08. The summed E-state index contributed by atoms with van der Waals surface area (Å²) in [5.74, 6) is 0.527. The van der Waals surface area contributed by atoms with Gasteiger partial charge in [0.25, 0.3) is 5.91 Å². The van der Waals surface area contributed by atoms with E-state index in [1.807, 2.05) is 41.9 Å². The van der Waals surface area contributed by atoms with Crippen LogP contribution in [0.1, 0.15) is 37.0 Å². The van der Waals surface area contributed by atoms with Gasteiger partial charge in [-0.15, -0.1) is 0 Å². The maximum atomic E-state index is 12.8. The predicted octanol–water partition coefficient (Wildman–Crippen LogP) is 4.83. The first-order chi connectivity index (χ1) is 12.3. The van der Waals surface area contributed by atoms with Crippen molar-refractivity contribution < 1.29 is 4.79 Å². The number of amides is 1. The molecule has 2 heterocycles. The number of aromatic nitrogens is 3. The minimum Gasteiger partial charge on any atom is -0.350 e. The van der Waals surface area contributed by atoms with E-state index in [0.717, 1.165) is 27.4 Å². The smallest absolute Gasteiger partial charge is 0.273 e. The number of benzene rings is 2. The molecule has 2 N–H and O–H groups in total. The second-order valence-electron chi connectivity index (χ2n) is 7.64. The topological polar surface area (TPSA) is 62.7 Å². The summed E-state index contributed by atoms with van der Waals surface area (Å²) in [4.78, 5) is 16.1. The van der Waals surface area contributed by atoms with Crippen LogP contribution in [0.15, 0.2) is 48.5 Å². The number of aryl methyl sites for hydroxylation is 1. The van der Waals surface area contributed by atoms with Gasteiger partial charge in [-0.1, -0.05) is 30.3 Å². The molecule has 0 aliphatic carbocycles. The Labute approximate surface area is 152 Å². The molecule has 5 nitrogen and oxygen atoms in total. The molecule has 132 valence electrons. The highest BCUT2D eigenvalue weighted by molar-refractivity contribution is 6.12. The molecule has 2 aromatic carbocycles. The molecule has 0 atom stereocenters. The molecule has 0 fully saturated rings. The molecule has 0 radical (unpaired) electrons. The second-order valence-corrected chi connectivity index (χ2v) is 7.64. The van der Waals surface area contributed by atoms with Crippen LogP contribution in [0, 0.1) is 6.92 Å². The molecule has 0 unspecified atom stereocenters. The molecule has 0 aliphatic heterocycles. The molecular formula is C21H22N4O. The van der Waals surface area contributed by atoms with E-state index in [0.29, 0.717) is 11.5 Å². The standard InChI is InChI=1S/C21H22N4O/c1-13-11-19(25(24-13)21(2,3)4)23-20(26)18-12-16-15-8-6-5-7-14(15)9-10-17(16)22-18/h5-12,22H,1-4H3,(H,23,26). The van der Waals surface area contributed by atoms with E-state index in [4.69, 9.17) is 0 Å². The molecule has 5 heteroatoms. The van der Waals surface area contributed by atoms with Gasteiger partial charge in [-0.05, 0) is 50.6 Å². The van der Waals surface area contributed by atoms with Crippen molar-refractivity contribution in [2.45, 2.75) is 33.2 Å². The third-order valence-corrected chi connectivity index (χ3v) is 4.48. The van der Waals surface area contributed by atoms with Crippen LogP contribution in [0.3, 0.4) is 0 Å². The van der Waals surface area contributed by atoms with E-state index in [1.54, 1.807) is 0 Å². The van der Waals surface area contributed by atoms with Gasteiger partial charge in [-0.3, -0.25) is 4.79 Å². The van der Waals surface area contributed by atoms with Crippen molar-refractivity contribution in [3.63, 3.8) is 0 Å². The first kappa shape index (κ1) is 16.4. The largest absolute Gasteiger partial charge is 0.350 e. The third kappa shape index (κ3) is 2.75. The lowest BCUT2D eigenvalue weighted by molar-refractivity contribution is 0.102. The van der Waals surface area contributed by atoms with Crippen molar-refractivity contribution in [2.24, 2.45) is 0 Å². The van der Waals surface area contributed by atoms with Crippen molar-refractivity contribution in [3.8, 4) is 0 Å². The Kier molecular flexibility index (Phi) is 3.61. The van der Waals surface area contributed by atoms with Crippen molar-refractivity contribution >= 4 is 33.4 Å². The highest BCUT2D eigenvalue weighted by Gasteiger charge is 2.21. The lowest BCUT2D eigenvalue weighted by atomic mass is 10.1. The van der Waals surface area contributed by atoms with Gasteiger partial charge in [0.1, 0.15) is 11.5 Å². The fourth-order valence-corrected chi connectivity index (χ4v) is 3.29. The van der Waals surface area contributed by atoms with Crippen LogP contribution >= 0.6 is 0 Å². The molecule has 0 saturated carbocycles. The van der Waals surface area contributed by atoms with Crippen molar-refractivity contribution in [3.05, 3.63) is 59.9 Å². The van der Waals surface area contributed by atoms with E-state index < -0.39 is 0 Å². The molecule has 0 bridgehead atoms. The van der Waals surface area contributed by atoms with Crippen LogP contribution in [0.25, 0.3) is 21.7 Å². The number of nitrogens with zero attached hydrogens (tertiary/aromatic N) is 2. The summed E-state index contributed by atoms with van der Waals surface area (Å²) in [7, 11) is 0. The summed E-state index contributed by atoms with van der Waals surface area (Å²) >= 11 is 0. The zero-order valence-electron chi connectivity index (χ0n) is 15.4. The zero-order valence-corrected chi connectivity index (χ0v) is 15.4. The maximum Gasteiger partial charge on any atom is 0.273 e. The molecule has 4 rings (SSSR count). The molecule has 0 saturated heterocycles. The Morgan fingerprint density at radius 2 is 1.85 bits per heavy atom. The molecule has 0 spiro atoms. The first-order valence-corrected chi connectivity index (χ1v) is 8.72. The van der Waals surface area contributed by atoms with E-state index in [1.165, 1.54) is 0 Å². The predicted molar refractivity (Wildman–Crippen MR) is 106 cm³/mol. The number of hydrogen-bond donors (Lipinski definition) is 2. The minimum atomic E-state index is -0.215. The number of nitrogens with one attached hydrogen (secondary N) is 2. The highest BCUT2D eigenvalue weighted by Crippen LogP contribution is 2.27. The average molecular weight is 346 g/mol. The molecular weight excluding hydrogens is 324 g/mol. The van der Waals surface area contributed by atoms with E-state index in [9.17, 15) is 4.79 Å². The lowest BCUT2D eigenvalue weighted by Gasteiger charge is -2.22. The van der Waals surface area contributed by atoms with Gasteiger partial charge in [-0.25, -0.2) is 4.68 Å². The molecule has 26 heavy (non-hydrogen) atoms. The van der Waals surface area contributed by atoms with Gasteiger partial charge in [0.2, 0.25) is 0 Å². The summed E-state index contributed by atoms with van der Waals surface area (Å²) < 4.78 is 1.85. The Morgan fingerprint density at radius 1 is 1.08 bits per heavy atom. The summed E-state index contributed by atoms with van der Waals surface area (Å²) in [6.07, 6.45) is 0. The fourth-order valence-electron chi connectivity index (χ4n) is 3.29. The van der Waals surface area contributed by atoms with Crippen LogP contribution in [-0.4, -0.2) is 20.7 Å². The number of anilines is 1. The Morgan fingerprint density at radius 3 is 2.62 bits per heavy atom. The number of carbonyl (C=O) groups excluding carboxylic acids is 1. The number of fused-ring (bicyclic) bond motifs is 3. The number of carbonyl (C=O) groups is 1. The van der Waals surface area contributed by atoms with Gasteiger partial charge in [-0.2, -0.15) is 5.10 Å². The van der Waals surface area contributed by atoms with Crippen molar-refractivity contribution in [1.82, 2.24) is 14.8 Å². The summed E-state index contributed by atoms with van der Waals surface area (Å²) in [5.41, 5.74) is 2.15. The Balaban J connectivity index is 1.72. The van der Waals surface area contributed by atoms with Crippen LogP contribution in [0.5, 0.6) is 0 Å². The minimum absolute atomic E-state index is 0.171. The van der Waals surface area contributed by atoms with Crippen LogP contribution < -0.4 is 5.32 Å².